The molecule has 0 unspecified atom stereocenters. The van der Waals surface area contributed by atoms with E-state index in [0.29, 0.717) is 23.9 Å². The summed E-state index contributed by atoms with van der Waals surface area (Å²) < 4.78 is 26.2. The molecule has 1 aliphatic heterocycles. The molecule has 0 spiro atoms. The van der Waals surface area contributed by atoms with E-state index in [2.05, 4.69) is 55.2 Å². The third-order valence-corrected chi connectivity index (χ3v) is 7.89. The van der Waals surface area contributed by atoms with Gasteiger partial charge in [0.1, 0.15) is 17.8 Å². The Balaban J connectivity index is 1.26. The van der Waals surface area contributed by atoms with Gasteiger partial charge in [-0.15, -0.1) is 0 Å². The van der Waals surface area contributed by atoms with E-state index in [1.54, 1.807) is 18.5 Å². The van der Waals surface area contributed by atoms with Crippen molar-refractivity contribution in [2.75, 3.05) is 36.4 Å². The first-order valence-corrected chi connectivity index (χ1v) is 13.3. The minimum absolute atomic E-state index is 0.00595. The van der Waals surface area contributed by atoms with Crippen molar-refractivity contribution in [3.8, 4) is 0 Å². The zero-order chi connectivity index (χ0) is 25.4. The third kappa shape index (κ3) is 4.69. The summed E-state index contributed by atoms with van der Waals surface area (Å²) >= 11 is 5.61. The van der Waals surface area contributed by atoms with Crippen molar-refractivity contribution in [2.24, 2.45) is 0 Å². The van der Waals surface area contributed by atoms with Crippen molar-refractivity contribution in [2.45, 2.75) is 18.7 Å². The van der Waals surface area contributed by atoms with Crippen LogP contribution in [0.2, 0.25) is 0 Å². The van der Waals surface area contributed by atoms with Gasteiger partial charge < -0.3 is 20.1 Å². The lowest BCUT2D eigenvalue weighted by Crippen LogP contribution is -2.50. The standard InChI is InChI=1S/C24H25N7O3S2/c1-15-3-8-20-19(13-15)21-22(28-20)25-14-26-23(21)30-9-11-31(12-10-30)24(35)27-17-4-6-18(7-5-17)36(33,34)29-16(2)32/h3-8,13-14H,9-12H2,1-2H3,(H,27,35)(H,29,32)(H,25,26,28). The first kappa shape index (κ1) is 23.9. The number of fused-ring (bicyclic) bond motifs is 3. The highest BCUT2D eigenvalue weighted by atomic mass is 32.2. The maximum absolute atomic E-state index is 12.1. The van der Waals surface area contributed by atoms with E-state index < -0.39 is 15.9 Å². The minimum Gasteiger partial charge on any atom is -0.352 e. The molecule has 0 atom stereocenters. The van der Waals surface area contributed by atoms with Gasteiger partial charge in [0.25, 0.3) is 10.0 Å². The number of aromatic nitrogens is 3. The number of aryl methyl sites for hydroxylation is 1. The molecule has 1 amide bonds. The van der Waals surface area contributed by atoms with Crippen LogP contribution in [-0.2, 0) is 14.8 Å². The van der Waals surface area contributed by atoms with Crippen LogP contribution in [0.1, 0.15) is 12.5 Å². The molecule has 2 aromatic carbocycles. The molecule has 186 valence electrons. The molecule has 1 fully saturated rings. The number of H-pyrrole nitrogens is 1. The van der Waals surface area contributed by atoms with E-state index in [4.69, 9.17) is 12.2 Å². The lowest BCUT2D eigenvalue weighted by Gasteiger charge is -2.37. The van der Waals surface area contributed by atoms with Gasteiger partial charge in [0, 0.05) is 49.7 Å². The van der Waals surface area contributed by atoms with Crippen LogP contribution in [0, 0.1) is 6.92 Å². The predicted octanol–water partition coefficient (Wildman–Crippen LogP) is 2.76. The van der Waals surface area contributed by atoms with E-state index in [9.17, 15) is 13.2 Å². The summed E-state index contributed by atoms with van der Waals surface area (Å²) in [5.74, 6) is 0.270. The largest absolute Gasteiger partial charge is 0.352 e. The Morgan fingerprint density at radius 1 is 1.06 bits per heavy atom. The predicted molar refractivity (Wildman–Crippen MR) is 144 cm³/mol. The van der Waals surface area contributed by atoms with E-state index in [0.717, 1.165) is 47.8 Å². The molecule has 0 saturated carbocycles. The van der Waals surface area contributed by atoms with Crippen LogP contribution in [0.25, 0.3) is 21.9 Å². The minimum atomic E-state index is -3.87. The number of amides is 1. The van der Waals surface area contributed by atoms with Crippen molar-refractivity contribution in [3.05, 3.63) is 54.4 Å². The molecule has 1 saturated heterocycles. The number of nitrogens with one attached hydrogen (secondary N) is 3. The van der Waals surface area contributed by atoms with Crippen molar-refractivity contribution in [3.63, 3.8) is 0 Å². The number of aromatic amines is 1. The summed E-state index contributed by atoms with van der Waals surface area (Å²) in [5, 5.41) is 5.87. The average molecular weight is 524 g/mol. The van der Waals surface area contributed by atoms with Crippen LogP contribution < -0.4 is 14.9 Å². The quantitative estimate of drug-likeness (QED) is 0.347. The molecule has 36 heavy (non-hydrogen) atoms. The summed E-state index contributed by atoms with van der Waals surface area (Å²) in [6.45, 7) is 6.10. The van der Waals surface area contributed by atoms with Gasteiger partial charge in [-0.1, -0.05) is 11.6 Å². The summed E-state index contributed by atoms with van der Waals surface area (Å²) in [7, 11) is -3.87. The Morgan fingerprint density at radius 3 is 2.47 bits per heavy atom. The van der Waals surface area contributed by atoms with Gasteiger partial charge in [0.05, 0.1) is 10.3 Å². The summed E-state index contributed by atoms with van der Waals surface area (Å²) in [6, 6.07) is 12.4. The Hall–Kier alpha value is -3.77. The molecule has 2 aromatic heterocycles. The van der Waals surface area contributed by atoms with Crippen molar-refractivity contribution in [1.82, 2.24) is 24.6 Å². The number of thiocarbonyl (C=S) groups is 1. The fourth-order valence-electron chi connectivity index (χ4n) is 4.35. The number of hydrogen-bond donors (Lipinski definition) is 3. The number of hydrogen-bond acceptors (Lipinski definition) is 7. The van der Waals surface area contributed by atoms with Crippen LogP contribution in [0.5, 0.6) is 0 Å². The second-order valence-electron chi connectivity index (χ2n) is 8.69. The van der Waals surface area contributed by atoms with Gasteiger partial charge in [-0.05, 0) is 55.5 Å². The number of piperazine rings is 1. The number of anilines is 2. The first-order chi connectivity index (χ1) is 17.2. The Kier molecular flexibility index (Phi) is 6.22. The monoisotopic (exact) mass is 523 g/mol. The summed E-state index contributed by atoms with van der Waals surface area (Å²) in [6.07, 6.45) is 1.59. The maximum Gasteiger partial charge on any atom is 0.264 e. The van der Waals surface area contributed by atoms with Crippen LogP contribution in [0.4, 0.5) is 11.5 Å². The Labute approximate surface area is 213 Å². The molecule has 10 nitrogen and oxygen atoms in total. The molecule has 1 aliphatic rings. The van der Waals surface area contributed by atoms with Crippen LogP contribution in [0.3, 0.4) is 0 Å². The number of rotatable bonds is 4. The topological polar surface area (TPSA) is 123 Å². The molecule has 0 radical (unpaired) electrons. The molecule has 3 N–H and O–H groups in total. The second-order valence-corrected chi connectivity index (χ2v) is 10.8. The van der Waals surface area contributed by atoms with Gasteiger partial charge in [0.15, 0.2) is 5.11 Å². The van der Waals surface area contributed by atoms with Gasteiger partial charge in [-0.3, -0.25) is 4.79 Å². The summed E-state index contributed by atoms with van der Waals surface area (Å²) in [5.41, 5.74) is 3.71. The lowest BCUT2D eigenvalue weighted by atomic mass is 10.1. The SMILES string of the molecule is CC(=O)NS(=O)(=O)c1ccc(NC(=S)N2CCN(c3ncnc4[nH]c5ccc(C)cc5c34)CC2)cc1. The van der Waals surface area contributed by atoms with Crippen LogP contribution in [-0.4, -0.2) is 65.5 Å². The molecule has 0 aliphatic carbocycles. The molecule has 12 heteroatoms. The highest BCUT2D eigenvalue weighted by Gasteiger charge is 2.23. The number of carbonyl (C=O) groups is 1. The zero-order valence-corrected chi connectivity index (χ0v) is 21.4. The van der Waals surface area contributed by atoms with Crippen LogP contribution in [0.15, 0.2) is 53.7 Å². The van der Waals surface area contributed by atoms with E-state index in [-0.39, 0.29) is 4.90 Å². The highest BCUT2D eigenvalue weighted by Crippen LogP contribution is 2.32. The Bertz CT molecular complexity index is 1570. The third-order valence-electron chi connectivity index (χ3n) is 6.09. The van der Waals surface area contributed by atoms with Gasteiger partial charge >= 0.3 is 0 Å². The normalized spacial score (nSPS) is 14.3. The van der Waals surface area contributed by atoms with Gasteiger partial charge in [-0.2, -0.15) is 0 Å². The van der Waals surface area contributed by atoms with Crippen molar-refractivity contribution < 1.29 is 13.2 Å². The average Bonchev–Trinajstić information content (AvgIpc) is 3.21. The molecular formula is C24H25N7O3S2. The number of carbonyl (C=O) groups excluding carboxylic acids is 1. The smallest absolute Gasteiger partial charge is 0.264 e. The second kappa shape index (κ2) is 9.36. The summed E-state index contributed by atoms with van der Waals surface area (Å²) in [4.78, 5) is 27.9. The van der Waals surface area contributed by atoms with Crippen molar-refractivity contribution >= 4 is 66.7 Å². The molecule has 5 rings (SSSR count). The first-order valence-electron chi connectivity index (χ1n) is 11.4. The Morgan fingerprint density at radius 2 is 1.78 bits per heavy atom. The molecule has 3 heterocycles. The molecule has 0 bridgehead atoms. The lowest BCUT2D eigenvalue weighted by molar-refractivity contribution is -0.117. The number of sulfonamides is 1. The number of benzene rings is 2. The number of nitrogens with zero attached hydrogens (tertiary/aromatic N) is 4. The fraction of sp³-hybridized carbons (Fsp3) is 0.250. The van der Waals surface area contributed by atoms with E-state index >= 15 is 0 Å². The zero-order valence-electron chi connectivity index (χ0n) is 19.8. The van der Waals surface area contributed by atoms with Gasteiger partial charge in [0.2, 0.25) is 5.91 Å². The van der Waals surface area contributed by atoms with Gasteiger partial charge in [-0.25, -0.2) is 23.1 Å². The maximum atomic E-state index is 12.1. The fourth-order valence-corrected chi connectivity index (χ4v) is 5.64. The molecule has 4 aromatic rings. The van der Waals surface area contributed by atoms with E-state index in [1.807, 2.05) is 4.72 Å². The van der Waals surface area contributed by atoms with E-state index in [1.165, 1.54) is 17.7 Å². The van der Waals surface area contributed by atoms with Crippen LogP contribution >= 0.6 is 12.2 Å². The highest BCUT2D eigenvalue weighted by molar-refractivity contribution is 7.90. The molecular weight excluding hydrogens is 498 g/mol. The van der Waals surface area contributed by atoms with Crippen molar-refractivity contribution in [1.29, 1.82) is 0 Å².